The Labute approximate surface area is 96.0 Å². The normalized spacial score (nSPS) is 20.7. The van der Waals surface area contributed by atoms with Crippen molar-refractivity contribution in [1.82, 2.24) is 10.3 Å². The summed E-state index contributed by atoms with van der Waals surface area (Å²) in [4.78, 5) is 4.17. The Kier molecular flexibility index (Phi) is 4.13. The first-order valence-corrected chi connectivity index (χ1v) is 5.68. The zero-order valence-electron chi connectivity index (χ0n) is 9.61. The predicted octanol–water partition coefficient (Wildman–Crippen LogP) is 1.36. The largest absolute Gasteiger partial charge is 0.481 e. The molecule has 88 valence electrons. The molecule has 4 nitrogen and oxygen atoms in total. The first-order chi connectivity index (χ1) is 7.88. The van der Waals surface area contributed by atoms with Crippen LogP contribution in [-0.2, 0) is 11.3 Å². The third-order valence-electron chi connectivity index (χ3n) is 2.76. The van der Waals surface area contributed by atoms with E-state index < -0.39 is 0 Å². The van der Waals surface area contributed by atoms with Gasteiger partial charge in [-0.1, -0.05) is 6.07 Å². The van der Waals surface area contributed by atoms with Gasteiger partial charge in [-0.15, -0.1) is 0 Å². The molecule has 2 rings (SSSR count). The fourth-order valence-electron chi connectivity index (χ4n) is 1.80. The van der Waals surface area contributed by atoms with Crippen LogP contribution in [0, 0.1) is 0 Å². The number of nitrogens with zero attached hydrogens (tertiary/aromatic N) is 1. The first-order valence-electron chi connectivity index (χ1n) is 5.68. The van der Waals surface area contributed by atoms with Crippen LogP contribution < -0.4 is 10.1 Å². The molecule has 1 unspecified atom stereocenters. The number of hydrogen-bond acceptors (Lipinski definition) is 4. The molecule has 1 aromatic rings. The number of methoxy groups -OCH3 is 1. The molecular formula is C12H18N2O2. The SMILES string of the molecule is COc1ccc(CNC2CCCOC2)cn1. The summed E-state index contributed by atoms with van der Waals surface area (Å²) in [6.07, 6.45) is 4.19. The summed E-state index contributed by atoms with van der Waals surface area (Å²) in [5.41, 5.74) is 1.17. The molecule has 0 amide bonds. The highest BCUT2D eigenvalue weighted by Crippen LogP contribution is 2.09. The van der Waals surface area contributed by atoms with Gasteiger partial charge < -0.3 is 14.8 Å². The lowest BCUT2D eigenvalue weighted by atomic mass is 10.1. The Balaban J connectivity index is 1.79. The zero-order chi connectivity index (χ0) is 11.2. The predicted molar refractivity (Wildman–Crippen MR) is 61.5 cm³/mol. The fraction of sp³-hybridized carbons (Fsp3) is 0.583. The van der Waals surface area contributed by atoms with Crippen molar-refractivity contribution < 1.29 is 9.47 Å². The van der Waals surface area contributed by atoms with Gasteiger partial charge in [0, 0.05) is 31.5 Å². The van der Waals surface area contributed by atoms with Crippen LogP contribution in [0.25, 0.3) is 0 Å². The summed E-state index contributed by atoms with van der Waals surface area (Å²) < 4.78 is 10.4. The molecule has 0 bridgehead atoms. The summed E-state index contributed by atoms with van der Waals surface area (Å²) in [5.74, 6) is 0.657. The number of rotatable bonds is 4. The first kappa shape index (κ1) is 11.4. The number of aromatic nitrogens is 1. The average Bonchev–Trinajstić information content (AvgIpc) is 2.38. The number of ether oxygens (including phenoxy) is 2. The molecule has 0 aromatic carbocycles. The van der Waals surface area contributed by atoms with E-state index in [2.05, 4.69) is 10.3 Å². The van der Waals surface area contributed by atoms with Crippen LogP contribution >= 0.6 is 0 Å². The molecular weight excluding hydrogens is 204 g/mol. The smallest absolute Gasteiger partial charge is 0.212 e. The molecule has 0 radical (unpaired) electrons. The lowest BCUT2D eigenvalue weighted by Crippen LogP contribution is -2.36. The van der Waals surface area contributed by atoms with Gasteiger partial charge in [0.05, 0.1) is 13.7 Å². The van der Waals surface area contributed by atoms with Crippen molar-refractivity contribution in [2.24, 2.45) is 0 Å². The molecule has 1 saturated heterocycles. The van der Waals surface area contributed by atoms with E-state index in [1.165, 1.54) is 12.0 Å². The van der Waals surface area contributed by atoms with Gasteiger partial charge in [0.2, 0.25) is 5.88 Å². The van der Waals surface area contributed by atoms with E-state index in [0.29, 0.717) is 11.9 Å². The molecule has 1 aromatic heterocycles. The summed E-state index contributed by atoms with van der Waals surface area (Å²) in [6.45, 7) is 2.57. The average molecular weight is 222 g/mol. The van der Waals surface area contributed by atoms with E-state index in [0.717, 1.165) is 26.2 Å². The van der Waals surface area contributed by atoms with Crippen molar-refractivity contribution in [1.29, 1.82) is 0 Å². The molecule has 4 heteroatoms. The highest BCUT2D eigenvalue weighted by Gasteiger charge is 2.12. The molecule has 1 atom stereocenters. The summed E-state index contributed by atoms with van der Waals surface area (Å²) >= 11 is 0. The van der Waals surface area contributed by atoms with Crippen molar-refractivity contribution in [3.8, 4) is 5.88 Å². The Morgan fingerprint density at radius 3 is 3.12 bits per heavy atom. The lowest BCUT2D eigenvalue weighted by Gasteiger charge is -2.23. The van der Waals surface area contributed by atoms with Crippen molar-refractivity contribution in [3.05, 3.63) is 23.9 Å². The van der Waals surface area contributed by atoms with Crippen molar-refractivity contribution in [2.75, 3.05) is 20.3 Å². The van der Waals surface area contributed by atoms with Gasteiger partial charge in [-0.3, -0.25) is 0 Å². The van der Waals surface area contributed by atoms with Gasteiger partial charge in [-0.05, 0) is 18.4 Å². The minimum Gasteiger partial charge on any atom is -0.481 e. The topological polar surface area (TPSA) is 43.4 Å². The summed E-state index contributed by atoms with van der Waals surface area (Å²) in [6, 6.07) is 4.40. The van der Waals surface area contributed by atoms with Crippen molar-refractivity contribution in [3.63, 3.8) is 0 Å². The molecule has 1 N–H and O–H groups in total. The van der Waals surface area contributed by atoms with Crippen LogP contribution in [0.5, 0.6) is 5.88 Å². The van der Waals surface area contributed by atoms with Crippen LogP contribution in [0.3, 0.4) is 0 Å². The lowest BCUT2D eigenvalue weighted by molar-refractivity contribution is 0.0699. The summed E-state index contributed by atoms with van der Waals surface area (Å²) in [5, 5.41) is 3.47. The minimum absolute atomic E-state index is 0.482. The minimum atomic E-state index is 0.482. The molecule has 0 aliphatic carbocycles. The second kappa shape index (κ2) is 5.82. The van der Waals surface area contributed by atoms with Crippen molar-refractivity contribution in [2.45, 2.75) is 25.4 Å². The molecule has 16 heavy (non-hydrogen) atoms. The van der Waals surface area contributed by atoms with Gasteiger partial charge in [0.25, 0.3) is 0 Å². The van der Waals surface area contributed by atoms with Gasteiger partial charge in [-0.25, -0.2) is 4.98 Å². The molecule has 1 aliphatic heterocycles. The van der Waals surface area contributed by atoms with E-state index in [9.17, 15) is 0 Å². The Morgan fingerprint density at radius 1 is 1.56 bits per heavy atom. The molecule has 0 spiro atoms. The van der Waals surface area contributed by atoms with Gasteiger partial charge in [0.1, 0.15) is 0 Å². The third kappa shape index (κ3) is 3.18. The third-order valence-corrected chi connectivity index (χ3v) is 2.76. The highest BCUT2D eigenvalue weighted by atomic mass is 16.5. The molecule has 0 saturated carbocycles. The Bertz CT molecular complexity index is 307. The molecule has 1 aliphatic rings. The van der Waals surface area contributed by atoms with Crippen LogP contribution in [0.2, 0.25) is 0 Å². The monoisotopic (exact) mass is 222 g/mol. The number of hydrogen-bond donors (Lipinski definition) is 1. The second-order valence-electron chi connectivity index (χ2n) is 4.00. The van der Waals surface area contributed by atoms with E-state index in [1.807, 2.05) is 18.3 Å². The van der Waals surface area contributed by atoms with Gasteiger partial charge in [0.15, 0.2) is 0 Å². The quantitative estimate of drug-likeness (QED) is 0.835. The van der Waals surface area contributed by atoms with E-state index in [-0.39, 0.29) is 0 Å². The van der Waals surface area contributed by atoms with Gasteiger partial charge in [-0.2, -0.15) is 0 Å². The maximum atomic E-state index is 5.41. The Hall–Kier alpha value is -1.13. The van der Waals surface area contributed by atoms with E-state index >= 15 is 0 Å². The van der Waals surface area contributed by atoms with Crippen molar-refractivity contribution >= 4 is 0 Å². The van der Waals surface area contributed by atoms with Crippen LogP contribution in [0.4, 0.5) is 0 Å². The van der Waals surface area contributed by atoms with Crippen LogP contribution in [0.1, 0.15) is 18.4 Å². The zero-order valence-corrected chi connectivity index (χ0v) is 9.61. The number of pyridine rings is 1. The number of nitrogens with one attached hydrogen (secondary N) is 1. The highest BCUT2D eigenvalue weighted by molar-refractivity contribution is 5.17. The fourth-order valence-corrected chi connectivity index (χ4v) is 1.80. The van der Waals surface area contributed by atoms with E-state index in [1.54, 1.807) is 7.11 Å². The van der Waals surface area contributed by atoms with E-state index in [4.69, 9.17) is 9.47 Å². The maximum absolute atomic E-state index is 5.41. The molecule has 2 heterocycles. The molecule has 1 fully saturated rings. The maximum Gasteiger partial charge on any atom is 0.212 e. The van der Waals surface area contributed by atoms with Gasteiger partial charge >= 0.3 is 0 Å². The summed E-state index contributed by atoms with van der Waals surface area (Å²) in [7, 11) is 1.62. The van der Waals surface area contributed by atoms with Crippen LogP contribution in [-0.4, -0.2) is 31.3 Å². The standard InChI is InChI=1S/C12H18N2O2/c1-15-12-5-4-10(8-14-12)7-13-11-3-2-6-16-9-11/h4-5,8,11,13H,2-3,6-7,9H2,1H3. The Morgan fingerprint density at radius 2 is 2.50 bits per heavy atom. The van der Waals surface area contributed by atoms with Crippen LogP contribution in [0.15, 0.2) is 18.3 Å². The second-order valence-corrected chi connectivity index (χ2v) is 4.00.